The van der Waals surface area contributed by atoms with E-state index in [0.717, 1.165) is 24.0 Å². The number of hydrogen-bond acceptors (Lipinski definition) is 7. The lowest BCUT2D eigenvalue weighted by Gasteiger charge is -2.28. The van der Waals surface area contributed by atoms with E-state index in [2.05, 4.69) is 22.8 Å². The maximum absolute atomic E-state index is 13.6. The molecular formula is C34H46N2O7. The Hall–Kier alpha value is -3.88. The molecule has 0 saturated heterocycles. The summed E-state index contributed by atoms with van der Waals surface area (Å²) < 4.78 is 16.4. The van der Waals surface area contributed by atoms with E-state index in [1.54, 1.807) is 41.5 Å². The molecule has 0 bridgehead atoms. The average Bonchev–Trinajstić information content (AvgIpc) is 2.87. The molecule has 1 aliphatic carbocycles. The normalized spacial score (nSPS) is 14.9. The molecule has 234 valence electrons. The topological polar surface area (TPSA) is 120 Å². The lowest BCUT2D eigenvalue weighted by Crippen LogP contribution is -2.53. The Morgan fingerprint density at radius 2 is 1.47 bits per heavy atom. The van der Waals surface area contributed by atoms with Crippen LogP contribution < -0.4 is 10.6 Å². The monoisotopic (exact) mass is 594 g/mol. The summed E-state index contributed by atoms with van der Waals surface area (Å²) in [6.45, 7) is 10.5. The van der Waals surface area contributed by atoms with E-state index in [1.165, 1.54) is 12.0 Å². The van der Waals surface area contributed by atoms with Crippen molar-refractivity contribution in [1.82, 2.24) is 10.6 Å². The summed E-state index contributed by atoms with van der Waals surface area (Å²) in [6, 6.07) is 15.0. The molecular weight excluding hydrogens is 548 g/mol. The summed E-state index contributed by atoms with van der Waals surface area (Å²) in [5.74, 6) is -1.22. The van der Waals surface area contributed by atoms with Crippen molar-refractivity contribution in [3.8, 4) is 0 Å². The molecule has 0 aliphatic heterocycles. The van der Waals surface area contributed by atoms with Gasteiger partial charge in [-0.25, -0.2) is 9.59 Å². The van der Waals surface area contributed by atoms with E-state index in [0.29, 0.717) is 5.92 Å². The van der Waals surface area contributed by atoms with Gasteiger partial charge in [-0.2, -0.15) is 0 Å². The molecule has 1 fully saturated rings. The van der Waals surface area contributed by atoms with Crippen LogP contribution in [0.4, 0.5) is 4.79 Å². The second-order valence-corrected chi connectivity index (χ2v) is 13.1. The van der Waals surface area contributed by atoms with Gasteiger partial charge in [0.1, 0.15) is 29.9 Å². The Bertz CT molecular complexity index is 1240. The van der Waals surface area contributed by atoms with Crippen LogP contribution in [0.5, 0.6) is 0 Å². The van der Waals surface area contributed by atoms with Gasteiger partial charge in [0.05, 0.1) is 0 Å². The highest BCUT2D eigenvalue weighted by Gasteiger charge is 2.31. The van der Waals surface area contributed by atoms with E-state index < -0.39 is 47.2 Å². The largest absolute Gasteiger partial charge is 0.460 e. The number of carbonyl (C=O) groups is 4. The zero-order valence-electron chi connectivity index (χ0n) is 26.2. The van der Waals surface area contributed by atoms with Gasteiger partial charge < -0.3 is 24.8 Å². The first kappa shape index (κ1) is 33.6. The molecule has 3 rings (SSSR count). The molecule has 1 saturated carbocycles. The first-order valence-corrected chi connectivity index (χ1v) is 15.0. The molecule has 1 aliphatic rings. The second-order valence-electron chi connectivity index (χ2n) is 13.1. The molecule has 43 heavy (non-hydrogen) atoms. The van der Waals surface area contributed by atoms with Crippen LogP contribution in [0, 0.1) is 0 Å². The van der Waals surface area contributed by atoms with Crippen molar-refractivity contribution in [3.63, 3.8) is 0 Å². The van der Waals surface area contributed by atoms with Gasteiger partial charge in [0.2, 0.25) is 5.91 Å². The minimum atomic E-state index is -1.16. The SMILES string of the molecule is CC(C)(C)OC(=O)CC[C@H](NC(=O)OCc1ccccc1)C(=O)N[C@@H](Cc1cccc(C2CCC2)c1)C(=O)OC(C)(C)C. The van der Waals surface area contributed by atoms with Crippen molar-refractivity contribution in [3.05, 3.63) is 71.3 Å². The minimum Gasteiger partial charge on any atom is -0.460 e. The third-order valence-electron chi connectivity index (χ3n) is 6.85. The highest BCUT2D eigenvalue weighted by atomic mass is 16.6. The summed E-state index contributed by atoms with van der Waals surface area (Å²) >= 11 is 0. The van der Waals surface area contributed by atoms with Gasteiger partial charge in [-0.15, -0.1) is 0 Å². The molecule has 2 aromatic carbocycles. The van der Waals surface area contributed by atoms with Crippen LogP contribution in [0.25, 0.3) is 0 Å². The molecule has 2 amide bonds. The van der Waals surface area contributed by atoms with E-state index in [-0.39, 0.29) is 25.9 Å². The summed E-state index contributed by atoms with van der Waals surface area (Å²) in [4.78, 5) is 52.1. The van der Waals surface area contributed by atoms with E-state index in [1.807, 2.05) is 42.5 Å². The number of amides is 2. The fraction of sp³-hybridized carbons (Fsp3) is 0.529. The summed E-state index contributed by atoms with van der Waals surface area (Å²) in [5, 5.41) is 5.35. The van der Waals surface area contributed by atoms with Crippen LogP contribution in [0.2, 0.25) is 0 Å². The van der Waals surface area contributed by atoms with Gasteiger partial charge in [-0.05, 0) is 83.4 Å². The van der Waals surface area contributed by atoms with Crippen molar-refractivity contribution in [2.24, 2.45) is 0 Å². The summed E-state index contributed by atoms with van der Waals surface area (Å²) in [6.07, 6.45) is 2.68. The highest BCUT2D eigenvalue weighted by molar-refractivity contribution is 5.90. The summed E-state index contributed by atoms with van der Waals surface area (Å²) in [5.41, 5.74) is 1.41. The molecule has 2 aromatic rings. The van der Waals surface area contributed by atoms with Crippen molar-refractivity contribution in [1.29, 1.82) is 0 Å². The van der Waals surface area contributed by atoms with Crippen molar-refractivity contribution in [2.75, 3.05) is 0 Å². The Labute approximate surface area is 255 Å². The standard InChI is InChI=1S/C34H46N2O7/c1-33(2,3)42-29(37)19-18-27(36-32(40)41-22-23-12-8-7-9-13-23)30(38)35-28(31(39)43-34(4,5)6)21-24-14-10-17-26(20-24)25-15-11-16-25/h7-10,12-14,17,20,25,27-28H,11,15-16,18-19,21-22H2,1-6H3,(H,35,38)(H,36,40)/t27-,28-/m0/s1. The van der Waals surface area contributed by atoms with Crippen LogP contribution in [-0.4, -0.2) is 47.2 Å². The van der Waals surface area contributed by atoms with Gasteiger partial charge >= 0.3 is 18.0 Å². The predicted molar refractivity (Wildman–Crippen MR) is 163 cm³/mol. The van der Waals surface area contributed by atoms with E-state index in [9.17, 15) is 19.2 Å². The van der Waals surface area contributed by atoms with Crippen LogP contribution in [-0.2, 0) is 41.6 Å². The quantitative estimate of drug-likeness (QED) is 0.238. The van der Waals surface area contributed by atoms with Crippen LogP contribution in [0.3, 0.4) is 0 Å². The van der Waals surface area contributed by atoms with Crippen molar-refractivity contribution in [2.45, 2.75) is 116 Å². The molecule has 0 heterocycles. The van der Waals surface area contributed by atoms with Gasteiger partial charge in [-0.1, -0.05) is 61.0 Å². The molecule has 2 atom stereocenters. The summed E-state index contributed by atoms with van der Waals surface area (Å²) in [7, 11) is 0. The Balaban J connectivity index is 1.76. The number of benzene rings is 2. The number of ether oxygens (including phenoxy) is 3. The first-order valence-electron chi connectivity index (χ1n) is 15.0. The fourth-order valence-corrected chi connectivity index (χ4v) is 4.62. The van der Waals surface area contributed by atoms with Crippen LogP contribution >= 0.6 is 0 Å². The number of carbonyl (C=O) groups excluding carboxylic acids is 4. The maximum atomic E-state index is 13.6. The molecule has 2 N–H and O–H groups in total. The Kier molecular flexibility index (Phi) is 11.7. The molecule has 9 heteroatoms. The number of rotatable bonds is 12. The average molecular weight is 595 g/mol. The maximum Gasteiger partial charge on any atom is 0.408 e. The zero-order chi connectivity index (χ0) is 31.6. The minimum absolute atomic E-state index is 0.00491. The number of nitrogens with one attached hydrogen (secondary N) is 2. The first-order chi connectivity index (χ1) is 20.2. The lowest BCUT2D eigenvalue weighted by molar-refractivity contribution is -0.159. The highest BCUT2D eigenvalue weighted by Crippen LogP contribution is 2.36. The lowest BCUT2D eigenvalue weighted by atomic mass is 9.79. The van der Waals surface area contributed by atoms with Crippen molar-refractivity contribution >= 4 is 23.9 Å². The Morgan fingerprint density at radius 3 is 2.07 bits per heavy atom. The third kappa shape index (κ3) is 12.1. The zero-order valence-corrected chi connectivity index (χ0v) is 26.2. The fourth-order valence-electron chi connectivity index (χ4n) is 4.62. The van der Waals surface area contributed by atoms with Gasteiger partial charge in [0.15, 0.2) is 0 Å². The van der Waals surface area contributed by atoms with E-state index in [4.69, 9.17) is 14.2 Å². The molecule has 0 spiro atoms. The smallest absolute Gasteiger partial charge is 0.408 e. The second kappa shape index (κ2) is 15.0. The van der Waals surface area contributed by atoms with Gasteiger partial charge in [0, 0.05) is 12.8 Å². The number of hydrogen-bond donors (Lipinski definition) is 2. The van der Waals surface area contributed by atoms with Gasteiger partial charge in [0.25, 0.3) is 0 Å². The third-order valence-corrected chi connectivity index (χ3v) is 6.85. The number of alkyl carbamates (subject to hydrolysis) is 1. The van der Waals surface area contributed by atoms with Crippen LogP contribution in [0.15, 0.2) is 54.6 Å². The van der Waals surface area contributed by atoms with Gasteiger partial charge in [-0.3, -0.25) is 9.59 Å². The number of esters is 2. The molecule has 0 unspecified atom stereocenters. The Morgan fingerprint density at radius 1 is 0.814 bits per heavy atom. The molecule has 0 aromatic heterocycles. The van der Waals surface area contributed by atoms with E-state index >= 15 is 0 Å². The molecule has 9 nitrogen and oxygen atoms in total. The molecule has 0 radical (unpaired) electrons. The predicted octanol–water partition coefficient (Wildman–Crippen LogP) is 5.74. The van der Waals surface area contributed by atoms with Crippen molar-refractivity contribution < 1.29 is 33.4 Å². The van der Waals surface area contributed by atoms with Crippen LogP contribution in [0.1, 0.15) is 96.3 Å².